The monoisotopic (exact) mass is 778 g/mol. The third-order valence-corrected chi connectivity index (χ3v) is 7.64. The molecule has 0 bridgehead atoms. The lowest BCUT2D eigenvalue weighted by Gasteiger charge is -2.10. The second-order valence-electron chi connectivity index (χ2n) is 12.2. The third-order valence-electron chi connectivity index (χ3n) is 7.64. The molecule has 0 aromatic heterocycles. The number of nitrogen functional groups attached to an aromatic ring is 1. The van der Waals surface area contributed by atoms with Crippen LogP contribution in [0.15, 0.2) is 24.3 Å². The van der Waals surface area contributed by atoms with Gasteiger partial charge in [0, 0.05) is 6.61 Å². The van der Waals surface area contributed by atoms with Crippen molar-refractivity contribution < 1.29 is 61.6 Å². The first-order valence-electron chi connectivity index (χ1n) is 20.2. The Morgan fingerprint density at radius 3 is 0.889 bits per heavy atom. The Morgan fingerprint density at radius 2 is 0.574 bits per heavy atom. The first kappa shape index (κ1) is 50.4. The number of nitrogens with two attached hydrogens (primary N) is 1. The molecule has 0 saturated carbocycles. The van der Waals surface area contributed by atoms with Crippen LogP contribution in [0.5, 0.6) is 5.75 Å². The molecule has 0 aliphatic heterocycles. The lowest BCUT2D eigenvalue weighted by molar-refractivity contribution is -0.0285. The molecule has 1 aromatic carbocycles. The van der Waals surface area contributed by atoms with Gasteiger partial charge in [0.2, 0.25) is 0 Å². The molecule has 14 nitrogen and oxygen atoms in total. The van der Waals surface area contributed by atoms with Crippen LogP contribution >= 0.6 is 0 Å². The summed E-state index contributed by atoms with van der Waals surface area (Å²) in [5, 5.41) is 0. The fourth-order valence-corrected chi connectivity index (χ4v) is 4.68. The molecule has 54 heavy (non-hydrogen) atoms. The van der Waals surface area contributed by atoms with Crippen molar-refractivity contribution in [1.82, 2.24) is 0 Å². The standard InChI is InChI=1S/C40H75NO13/c1-2-3-4-5-6-7-8-11-14-42-15-16-43-17-18-44-19-20-45-21-22-46-23-24-47-25-26-48-27-28-49-29-30-50-31-32-51-33-34-52-35-36-53-37-38-54-40-13-10-9-12-39(40)41/h9-10,12-13H,2-8,11,14-38,41H2,1H3. The minimum Gasteiger partial charge on any atom is -0.489 e. The highest BCUT2D eigenvalue weighted by Gasteiger charge is 2.00. The summed E-state index contributed by atoms with van der Waals surface area (Å²) in [7, 11) is 0. The summed E-state index contributed by atoms with van der Waals surface area (Å²) < 4.78 is 71.8. The first-order chi connectivity index (χ1) is 26.8. The van der Waals surface area contributed by atoms with Gasteiger partial charge in [0.05, 0.1) is 158 Å². The summed E-state index contributed by atoms with van der Waals surface area (Å²) >= 11 is 0. The Hall–Kier alpha value is -1.66. The van der Waals surface area contributed by atoms with Crippen LogP contribution in [0.2, 0.25) is 0 Å². The summed E-state index contributed by atoms with van der Waals surface area (Å²) in [6.45, 7) is 15.6. The van der Waals surface area contributed by atoms with E-state index in [1.165, 1.54) is 44.9 Å². The number of hydrogen-bond acceptors (Lipinski definition) is 14. The molecule has 14 heteroatoms. The van der Waals surface area contributed by atoms with Crippen LogP contribution in [-0.2, 0) is 56.8 Å². The van der Waals surface area contributed by atoms with Gasteiger partial charge in [-0.2, -0.15) is 0 Å². The zero-order valence-electron chi connectivity index (χ0n) is 33.5. The van der Waals surface area contributed by atoms with Crippen molar-refractivity contribution in [3.63, 3.8) is 0 Å². The van der Waals surface area contributed by atoms with E-state index in [9.17, 15) is 0 Å². The van der Waals surface area contributed by atoms with Gasteiger partial charge >= 0.3 is 0 Å². The second kappa shape index (κ2) is 44.1. The van der Waals surface area contributed by atoms with Crippen LogP contribution in [0.1, 0.15) is 58.3 Å². The number of anilines is 1. The molecule has 0 amide bonds. The molecule has 1 aromatic rings. The van der Waals surface area contributed by atoms with E-state index in [1.807, 2.05) is 18.2 Å². The molecule has 0 unspecified atom stereocenters. The van der Waals surface area contributed by atoms with Gasteiger partial charge in [0.15, 0.2) is 0 Å². The minimum absolute atomic E-state index is 0.438. The second-order valence-corrected chi connectivity index (χ2v) is 12.2. The van der Waals surface area contributed by atoms with E-state index in [4.69, 9.17) is 67.3 Å². The summed E-state index contributed by atoms with van der Waals surface area (Å²) in [6.07, 6.45) is 10.5. The zero-order valence-corrected chi connectivity index (χ0v) is 33.5. The highest BCUT2D eigenvalue weighted by molar-refractivity contribution is 5.51. The molecule has 0 saturated heterocycles. The number of rotatable bonds is 46. The predicted molar refractivity (Wildman–Crippen MR) is 209 cm³/mol. The maximum absolute atomic E-state index is 5.83. The molecular weight excluding hydrogens is 702 g/mol. The van der Waals surface area contributed by atoms with Crippen molar-refractivity contribution in [2.24, 2.45) is 0 Å². The normalized spacial score (nSPS) is 11.5. The van der Waals surface area contributed by atoms with E-state index in [0.717, 1.165) is 13.0 Å². The Balaban J connectivity index is 1.61. The maximum atomic E-state index is 5.83. The topological polar surface area (TPSA) is 146 Å². The molecule has 0 spiro atoms. The smallest absolute Gasteiger partial charge is 0.142 e. The van der Waals surface area contributed by atoms with E-state index < -0.39 is 0 Å². The molecular formula is C40H75NO13. The fraction of sp³-hybridized carbons (Fsp3) is 0.850. The van der Waals surface area contributed by atoms with Crippen molar-refractivity contribution >= 4 is 5.69 Å². The van der Waals surface area contributed by atoms with E-state index in [1.54, 1.807) is 6.07 Å². The Morgan fingerprint density at radius 1 is 0.315 bits per heavy atom. The molecule has 0 radical (unpaired) electrons. The van der Waals surface area contributed by atoms with Gasteiger partial charge in [0.25, 0.3) is 0 Å². The minimum atomic E-state index is 0.438. The molecule has 0 heterocycles. The van der Waals surface area contributed by atoms with Crippen molar-refractivity contribution in [1.29, 1.82) is 0 Å². The number of benzene rings is 1. The number of para-hydroxylation sites is 2. The molecule has 0 aliphatic carbocycles. The van der Waals surface area contributed by atoms with E-state index in [2.05, 4.69) is 6.92 Å². The summed E-state index contributed by atoms with van der Waals surface area (Å²) in [4.78, 5) is 0. The van der Waals surface area contributed by atoms with Gasteiger partial charge in [-0.1, -0.05) is 64.0 Å². The summed E-state index contributed by atoms with van der Waals surface area (Å²) in [5.74, 6) is 0.669. The summed E-state index contributed by atoms with van der Waals surface area (Å²) in [5.41, 5.74) is 6.45. The Bertz CT molecular complexity index is 858. The lowest BCUT2D eigenvalue weighted by atomic mass is 10.1. The van der Waals surface area contributed by atoms with Crippen molar-refractivity contribution in [2.45, 2.75) is 58.3 Å². The molecule has 2 N–H and O–H groups in total. The van der Waals surface area contributed by atoms with Crippen LogP contribution in [0.25, 0.3) is 0 Å². The first-order valence-corrected chi connectivity index (χ1v) is 20.2. The van der Waals surface area contributed by atoms with Crippen molar-refractivity contribution in [2.75, 3.05) is 171 Å². The molecule has 0 fully saturated rings. The quantitative estimate of drug-likeness (QED) is 0.0701. The highest BCUT2D eigenvalue weighted by Crippen LogP contribution is 2.19. The van der Waals surface area contributed by atoms with Crippen LogP contribution in [0, 0.1) is 0 Å². The largest absolute Gasteiger partial charge is 0.489 e. The van der Waals surface area contributed by atoms with Gasteiger partial charge in [-0.25, -0.2) is 0 Å². The Kier molecular flexibility index (Phi) is 41.1. The van der Waals surface area contributed by atoms with Crippen molar-refractivity contribution in [3.05, 3.63) is 24.3 Å². The lowest BCUT2D eigenvalue weighted by Crippen LogP contribution is -2.15. The molecule has 0 atom stereocenters. The SMILES string of the molecule is CCCCCCCCCCOCCOCCOCCOCCOCCOCCOCCOCCOCCOCCOCCOCCOc1ccccc1N. The van der Waals surface area contributed by atoms with E-state index in [-0.39, 0.29) is 0 Å². The van der Waals surface area contributed by atoms with Gasteiger partial charge in [0.1, 0.15) is 12.4 Å². The van der Waals surface area contributed by atoms with Gasteiger partial charge < -0.3 is 67.3 Å². The number of hydrogen-bond donors (Lipinski definition) is 1. The maximum Gasteiger partial charge on any atom is 0.142 e. The highest BCUT2D eigenvalue weighted by atomic mass is 16.6. The van der Waals surface area contributed by atoms with Crippen molar-refractivity contribution in [3.8, 4) is 5.75 Å². The average molecular weight is 778 g/mol. The molecule has 1 rings (SSSR count). The van der Waals surface area contributed by atoms with Crippen LogP contribution < -0.4 is 10.5 Å². The Labute approximate surface area is 326 Å². The van der Waals surface area contributed by atoms with Crippen LogP contribution in [0.3, 0.4) is 0 Å². The van der Waals surface area contributed by atoms with Crippen LogP contribution in [0.4, 0.5) is 5.69 Å². The fourth-order valence-electron chi connectivity index (χ4n) is 4.68. The average Bonchev–Trinajstić information content (AvgIpc) is 3.18. The molecule has 0 aliphatic rings. The van der Waals surface area contributed by atoms with Crippen LogP contribution in [-0.4, -0.2) is 165 Å². The van der Waals surface area contributed by atoms with Gasteiger partial charge in [-0.05, 0) is 18.6 Å². The number of unbranched alkanes of at least 4 members (excludes halogenated alkanes) is 7. The zero-order chi connectivity index (χ0) is 38.5. The molecule has 318 valence electrons. The van der Waals surface area contributed by atoms with E-state index >= 15 is 0 Å². The third kappa shape index (κ3) is 38.6. The van der Waals surface area contributed by atoms with Gasteiger partial charge in [-0.3, -0.25) is 0 Å². The number of ether oxygens (including phenoxy) is 13. The summed E-state index contributed by atoms with van der Waals surface area (Å²) in [6, 6.07) is 7.39. The van der Waals surface area contributed by atoms with Gasteiger partial charge in [-0.15, -0.1) is 0 Å². The predicted octanol–water partition coefficient (Wildman–Crippen LogP) is 4.99. The van der Waals surface area contributed by atoms with E-state index in [0.29, 0.717) is 170 Å².